The van der Waals surface area contributed by atoms with Gasteiger partial charge in [-0.05, 0) is 25.4 Å². The van der Waals surface area contributed by atoms with E-state index in [4.69, 9.17) is 0 Å². The smallest absolute Gasteiger partial charge is 0.272 e. The third-order valence-corrected chi connectivity index (χ3v) is 5.46. The van der Waals surface area contributed by atoms with E-state index in [0.29, 0.717) is 5.69 Å². The van der Waals surface area contributed by atoms with Crippen LogP contribution in [0.15, 0.2) is 0 Å². The van der Waals surface area contributed by atoms with Crippen LogP contribution < -0.4 is 5.32 Å². The Hall–Kier alpha value is -0.660. The minimum Gasteiger partial charge on any atom is -0.395 e. The number of carbonyl (C=O) groups is 1. The predicted octanol–water partition coefficient (Wildman–Crippen LogP) is 1.04. The highest BCUT2D eigenvalue weighted by Crippen LogP contribution is 2.25. The van der Waals surface area contributed by atoms with E-state index in [1.807, 2.05) is 24.9 Å². The molecule has 0 fully saturated rings. The number of hydrogen-bond acceptors (Lipinski definition) is 5. The van der Waals surface area contributed by atoms with Crippen molar-refractivity contribution in [3.8, 4) is 0 Å². The molecule has 0 bridgehead atoms. The summed E-state index contributed by atoms with van der Waals surface area (Å²) in [6.07, 6.45) is 2.87. The second-order valence-corrected chi connectivity index (χ2v) is 6.73. The van der Waals surface area contributed by atoms with E-state index in [0.717, 1.165) is 29.2 Å². The van der Waals surface area contributed by atoms with Crippen molar-refractivity contribution in [2.45, 2.75) is 30.4 Å². The molecule has 1 aliphatic rings. The summed E-state index contributed by atoms with van der Waals surface area (Å²) in [5, 5.41) is 19.3. The molecule has 1 aromatic rings. The summed E-state index contributed by atoms with van der Waals surface area (Å²) in [4.78, 5) is 12.2. The average molecular weight is 301 g/mol. The maximum atomic E-state index is 12.2. The molecule has 2 rings (SSSR count). The van der Waals surface area contributed by atoms with Gasteiger partial charge in [-0.1, -0.05) is 0 Å². The van der Waals surface area contributed by atoms with Crippen molar-refractivity contribution in [1.82, 2.24) is 15.5 Å². The number of aliphatic hydroxyl groups excluding tert-OH is 1. The first kappa shape index (κ1) is 14.7. The third kappa shape index (κ3) is 3.27. The minimum absolute atomic E-state index is 0.00749. The number of aromatic nitrogens is 2. The molecular formula is C12H19N3O2S2. The summed E-state index contributed by atoms with van der Waals surface area (Å²) < 4.78 is 0. The fourth-order valence-corrected chi connectivity index (χ4v) is 3.74. The first-order valence-corrected chi connectivity index (χ1v) is 8.70. The summed E-state index contributed by atoms with van der Waals surface area (Å²) in [6.45, 7) is 1.96. The van der Waals surface area contributed by atoms with Gasteiger partial charge in [0.05, 0.1) is 6.61 Å². The monoisotopic (exact) mass is 301 g/mol. The molecular weight excluding hydrogens is 282 g/mol. The molecule has 0 spiro atoms. The number of nitrogens with zero attached hydrogens (tertiary/aromatic N) is 1. The number of H-pyrrole nitrogens is 1. The number of aryl methyl sites for hydroxylation is 1. The highest BCUT2D eigenvalue weighted by Gasteiger charge is 2.24. The van der Waals surface area contributed by atoms with E-state index in [1.165, 1.54) is 0 Å². The molecule has 1 amide bonds. The maximum Gasteiger partial charge on any atom is 0.272 e. The quantitative estimate of drug-likeness (QED) is 0.757. The van der Waals surface area contributed by atoms with Crippen LogP contribution >= 0.6 is 23.5 Å². The number of rotatable bonds is 5. The normalized spacial score (nSPS) is 17.6. The van der Waals surface area contributed by atoms with Gasteiger partial charge in [-0.15, -0.1) is 0 Å². The fourth-order valence-electron chi connectivity index (χ4n) is 2.10. The molecule has 19 heavy (non-hydrogen) atoms. The Balaban J connectivity index is 2.06. The molecule has 0 saturated heterocycles. The van der Waals surface area contributed by atoms with E-state index in [9.17, 15) is 9.90 Å². The third-order valence-electron chi connectivity index (χ3n) is 3.31. The van der Waals surface area contributed by atoms with Crippen LogP contribution in [0, 0.1) is 0 Å². The van der Waals surface area contributed by atoms with E-state index in [-0.39, 0.29) is 23.8 Å². The van der Waals surface area contributed by atoms with Crippen molar-refractivity contribution in [3.05, 3.63) is 17.0 Å². The topological polar surface area (TPSA) is 78.0 Å². The van der Waals surface area contributed by atoms with Crippen molar-refractivity contribution in [1.29, 1.82) is 0 Å². The molecule has 106 valence electrons. The van der Waals surface area contributed by atoms with Gasteiger partial charge in [-0.2, -0.15) is 28.6 Å². The van der Waals surface area contributed by atoms with Crippen molar-refractivity contribution >= 4 is 29.4 Å². The Kier molecular flexibility index (Phi) is 5.18. The number of aromatic amines is 1. The predicted molar refractivity (Wildman–Crippen MR) is 79.8 cm³/mol. The fraction of sp³-hybridized carbons (Fsp3) is 0.667. The zero-order valence-corrected chi connectivity index (χ0v) is 12.7. The maximum absolute atomic E-state index is 12.2. The lowest BCUT2D eigenvalue weighted by atomic mass is 10.1. The van der Waals surface area contributed by atoms with Crippen molar-refractivity contribution in [3.63, 3.8) is 0 Å². The van der Waals surface area contributed by atoms with Gasteiger partial charge in [-0.25, -0.2) is 0 Å². The standard InChI is InChI=1S/C12H19N3O2S2/c1-7(10(5-16)18-2)13-12(17)11-8-6-19-4-3-9(8)14-15-11/h7,10,16H,3-6H2,1-2H3,(H,13,17)(H,14,15). The lowest BCUT2D eigenvalue weighted by Gasteiger charge is -2.21. The second-order valence-electron chi connectivity index (χ2n) is 4.55. The Morgan fingerprint density at radius 2 is 2.47 bits per heavy atom. The largest absolute Gasteiger partial charge is 0.395 e. The van der Waals surface area contributed by atoms with Crippen LogP contribution in [0.5, 0.6) is 0 Å². The van der Waals surface area contributed by atoms with Gasteiger partial charge in [0, 0.05) is 28.3 Å². The summed E-state index contributed by atoms with van der Waals surface area (Å²) >= 11 is 3.37. The Morgan fingerprint density at radius 1 is 1.68 bits per heavy atom. The van der Waals surface area contributed by atoms with E-state index >= 15 is 0 Å². The zero-order valence-electron chi connectivity index (χ0n) is 11.1. The molecule has 1 aromatic heterocycles. The molecule has 2 atom stereocenters. The van der Waals surface area contributed by atoms with Gasteiger partial charge in [0.15, 0.2) is 5.69 Å². The van der Waals surface area contributed by atoms with Crippen LogP contribution in [0.3, 0.4) is 0 Å². The molecule has 7 heteroatoms. The SMILES string of the molecule is CSC(CO)C(C)NC(=O)c1n[nH]c2c1CSCC2. The van der Waals surface area contributed by atoms with Crippen molar-refractivity contribution in [2.24, 2.45) is 0 Å². The van der Waals surface area contributed by atoms with Crippen LogP contribution in [0.2, 0.25) is 0 Å². The summed E-state index contributed by atoms with van der Waals surface area (Å²) in [7, 11) is 0. The van der Waals surface area contributed by atoms with E-state index in [2.05, 4.69) is 15.5 Å². The van der Waals surface area contributed by atoms with Gasteiger partial charge in [-0.3, -0.25) is 9.89 Å². The Morgan fingerprint density at radius 3 is 3.16 bits per heavy atom. The van der Waals surface area contributed by atoms with Gasteiger partial charge in [0.1, 0.15) is 0 Å². The lowest BCUT2D eigenvalue weighted by molar-refractivity contribution is 0.0930. The average Bonchev–Trinajstić information content (AvgIpc) is 2.84. The molecule has 0 aliphatic carbocycles. The zero-order chi connectivity index (χ0) is 13.8. The molecule has 3 N–H and O–H groups in total. The number of hydrogen-bond donors (Lipinski definition) is 3. The number of aliphatic hydroxyl groups is 1. The van der Waals surface area contributed by atoms with Crippen LogP contribution in [0.4, 0.5) is 0 Å². The molecule has 2 unspecified atom stereocenters. The van der Waals surface area contributed by atoms with Crippen LogP contribution in [-0.4, -0.2) is 51.1 Å². The summed E-state index contributed by atoms with van der Waals surface area (Å²) in [5.41, 5.74) is 2.62. The van der Waals surface area contributed by atoms with Gasteiger partial charge >= 0.3 is 0 Å². The highest BCUT2D eigenvalue weighted by molar-refractivity contribution is 7.99. The van der Waals surface area contributed by atoms with Gasteiger partial charge in [0.25, 0.3) is 5.91 Å². The first-order valence-electron chi connectivity index (χ1n) is 6.25. The molecule has 0 radical (unpaired) electrons. The number of nitrogens with one attached hydrogen (secondary N) is 2. The Bertz CT molecular complexity index is 446. The molecule has 0 aromatic carbocycles. The van der Waals surface area contributed by atoms with E-state index in [1.54, 1.807) is 11.8 Å². The number of carbonyl (C=O) groups excluding carboxylic acids is 1. The molecule has 5 nitrogen and oxygen atoms in total. The Labute approximate surface area is 121 Å². The lowest BCUT2D eigenvalue weighted by Crippen LogP contribution is -2.41. The molecule has 1 aliphatic heterocycles. The molecule has 2 heterocycles. The van der Waals surface area contributed by atoms with Gasteiger partial charge in [0.2, 0.25) is 0 Å². The van der Waals surface area contributed by atoms with Crippen LogP contribution in [0.25, 0.3) is 0 Å². The van der Waals surface area contributed by atoms with Crippen molar-refractivity contribution < 1.29 is 9.90 Å². The first-order chi connectivity index (χ1) is 9.17. The number of thioether (sulfide) groups is 2. The minimum atomic E-state index is -0.153. The van der Waals surface area contributed by atoms with Crippen molar-refractivity contribution in [2.75, 3.05) is 18.6 Å². The van der Waals surface area contributed by atoms with Crippen LogP contribution in [-0.2, 0) is 12.2 Å². The number of amides is 1. The molecule has 0 saturated carbocycles. The highest BCUT2D eigenvalue weighted by atomic mass is 32.2. The van der Waals surface area contributed by atoms with E-state index < -0.39 is 0 Å². The summed E-state index contributed by atoms with van der Waals surface area (Å²) in [6, 6.07) is -0.0870. The summed E-state index contributed by atoms with van der Waals surface area (Å²) in [5.74, 6) is 1.76. The number of fused-ring (bicyclic) bond motifs is 1. The second kappa shape index (κ2) is 6.67. The van der Waals surface area contributed by atoms with Crippen LogP contribution in [0.1, 0.15) is 28.7 Å². The van der Waals surface area contributed by atoms with Gasteiger partial charge < -0.3 is 10.4 Å².